The molecule has 0 unspecified atom stereocenters. The van der Waals surface area contributed by atoms with E-state index in [4.69, 9.17) is 0 Å². The van der Waals surface area contributed by atoms with Gasteiger partial charge in [-0.15, -0.1) is 5.92 Å². The number of ketones is 1. The van der Waals surface area contributed by atoms with E-state index < -0.39 is 5.60 Å². The van der Waals surface area contributed by atoms with Crippen molar-refractivity contribution in [1.29, 1.82) is 0 Å². The summed E-state index contributed by atoms with van der Waals surface area (Å²) in [7, 11) is 0. The SMILES string of the molecule is CC#CCC(=O)C1(O)CCCCC1. The van der Waals surface area contributed by atoms with E-state index in [1.807, 2.05) is 0 Å². The van der Waals surface area contributed by atoms with Crippen LogP contribution < -0.4 is 0 Å². The van der Waals surface area contributed by atoms with E-state index in [9.17, 15) is 9.90 Å². The Labute approximate surface area is 79.3 Å². The monoisotopic (exact) mass is 180 g/mol. The summed E-state index contributed by atoms with van der Waals surface area (Å²) in [5, 5.41) is 9.95. The lowest BCUT2D eigenvalue weighted by Crippen LogP contribution is -2.40. The number of rotatable bonds is 2. The molecule has 2 heteroatoms. The lowest BCUT2D eigenvalue weighted by molar-refractivity contribution is -0.139. The fourth-order valence-corrected chi connectivity index (χ4v) is 1.75. The molecule has 1 aliphatic carbocycles. The van der Waals surface area contributed by atoms with Crippen molar-refractivity contribution < 1.29 is 9.90 Å². The summed E-state index contributed by atoms with van der Waals surface area (Å²) in [6.45, 7) is 1.71. The molecule has 1 saturated carbocycles. The summed E-state index contributed by atoms with van der Waals surface area (Å²) in [6.07, 6.45) is 4.50. The van der Waals surface area contributed by atoms with Crippen LogP contribution in [0.1, 0.15) is 45.4 Å². The van der Waals surface area contributed by atoms with Crippen LogP contribution in [0.2, 0.25) is 0 Å². The average Bonchev–Trinajstić information content (AvgIpc) is 2.15. The van der Waals surface area contributed by atoms with Crippen LogP contribution in [0.5, 0.6) is 0 Å². The van der Waals surface area contributed by atoms with Crippen molar-refractivity contribution in [1.82, 2.24) is 0 Å². The third kappa shape index (κ3) is 2.57. The molecule has 1 aliphatic rings. The number of Topliss-reactive ketones (excluding diaryl/α,β-unsaturated/α-hetero) is 1. The highest BCUT2D eigenvalue weighted by Crippen LogP contribution is 2.29. The van der Waals surface area contributed by atoms with Crippen LogP contribution in [0.4, 0.5) is 0 Å². The molecular formula is C11H16O2. The van der Waals surface area contributed by atoms with Crippen LogP contribution in [-0.2, 0) is 4.79 Å². The first-order valence-electron chi connectivity index (χ1n) is 4.84. The van der Waals surface area contributed by atoms with Gasteiger partial charge in [0.2, 0.25) is 0 Å². The van der Waals surface area contributed by atoms with Crippen LogP contribution in [0, 0.1) is 11.8 Å². The summed E-state index contributed by atoms with van der Waals surface area (Å²) in [4.78, 5) is 11.5. The highest BCUT2D eigenvalue weighted by molar-refractivity contribution is 5.89. The molecule has 0 spiro atoms. The zero-order valence-corrected chi connectivity index (χ0v) is 8.10. The van der Waals surface area contributed by atoms with Gasteiger partial charge in [-0.25, -0.2) is 0 Å². The maximum atomic E-state index is 11.5. The predicted molar refractivity (Wildman–Crippen MR) is 51.1 cm³/mol. The van der Waals surface area contributed by atoms with Gasteiger partial charge in [-0.1, -0.05) is 25.2 Å². The number of carbonyl (C=O) groups excluding carboxylic acids is 1. The fraction of sp³-hybridized carbons (Fsp3) is 0.727. The molecule has 0 aromatic rings. The summed E-state index contributed by atoms with van der Waals surface area (Å²) >= 11 is 0. The third-order valence-electron chi connectivity index (χ3n) is 2.63. The molecule has 0 atom stereocenters. The summed E-state index contributed by atoms with van der Waals surface area (Å²) in [5.74, 6) is 5.29. The standard InChI is InChI=1S/C11H16O2/c1-2-3-7-10(12)11(13)8-5-4-6-9-11/h13H,4-9H2,1H3. The van der Waals surface area contributed by atoms with Crippen LogP contribution in [0.15, 0.2) is 0 Å². The van der Waals surface area contributed by atoms with Crippen molar-refractivity contribution in [3.63, 3.8) is 0 Å². The van der Waals surface area contributed by atoms with Crippen molar-refractivity contribution in [2.45, 2.75) is 51.0 Å². The Balaban J connectivity index is 2.54. The highest BCUT2D eigenvalue weighted by Gasteiger charge is 2.35. The molecular weight excluding hydrogens is 164 g/mol. The second-order valence-electron chi connectivity index (χ2n) is 3.62. The normalized spacial score (nSPS) is 20.2. The van der Waals surface area contributed by atoms with E-state index in [2.05, 4.69) is 11.8 Å². The van der Waals surface area contributed by atoms with E-state index in [1.54, 1.807) is 6.92 Å². The van der Waals surface area contributed by atoms with E-state index in [0.29, 0.717) is 12.8 Å². The number of aliphatic hydroxyl groups is 1. The Morgan fingerprint density at radius 3 is 2.54 bits per heavy atom. The molecule has 0 saturated heterocycles. The van der Waals surface area contributed by atoms with E-state index in [0.717, 1.165) is 19.3 Å². The molecule has 1 rings (SSSR count). The number of hydrogen-bond donors (Lipinski definition) is 1. The lowest BCUT2D eigenvalue weighted by Gasteiger charge is -2.29. The molecule has 0 heterocycles. The Kier molecular flexibility index (Phi) is 3.50. The molecule has 0 bridgehead atoms. The minimum absolute atomic E-state index is 0.0958. The van der Waals surface area contributed by atoms with Gasteiger partial charge >= 0.3 is 0 Å². The smallest absolute Gasteiger partial charge is 0.176 e. The van der Waals surface area contributed by atoms with E-state index in [-0.39, 0.29) is 12.2 Å². The van der Waals surface area contributed by atoms with Crippen molar-refractivity contribution >= 4 is 5.78 Å². The summed E-state index contributed by atoms with van der Waals surface area (Å²) in [6, 6.07) is 0. The highest BCUT2D eigenvalue weighted by atomic mass is 16.3. The zero-order chi connectivity index (χ0) is 9.73. The minimum atomic E-state index is -1.05. The molecule has 72 valence electrons. The predicted octanol–water partition coefficient (Wildman–Crippen LogP) is 1.66. The number of carbonyl (C=O) groups is 1. The van der Waals surface area contributed by atoms with Gasteiger partial charge in [-0.3, -0.25) is 4.79 Å². The van der Waals surface area contributed by atoms with Crippen LogP contribution in [0.25, 0.3) is 0 Å². The molecule has 1 N–H and O–H groups in total. The lowest BCUT2D eigenvalue weighted by atomic mass is 9.81. The maximum absolute atomic E-state index is 11.5. The Morgan fingerprint density at radius 1 is 1.38 bits per heavy atom. The topological polar surface area (TPSA) is 37.3 Å². The molecule has 1 fully saturated rings. The average molecular weight is 180 g/mol. The first kappa shape index (κ1) is 10.3. The largest absolute Gasteiger partial charge is 0.382 e. The fourth-order valence-electron chi connectivity index (χ4n) is 1.75. The Morgan fingerprint density at radius 2 is 2.00 bits per heavy atom. The third-order valence-corrected chi connectivity index (χ3v) is 2.63. The molecule has 0 radical (unpaired) electrons. The summed E-state index contributed by atoms with van der Waals surface area (Å²) < 4.78 is 0. The van der Waals surface area contributed by atoms with Crippen LogP contribution >= 0.6 is 0 Å². The van der Waals surface area contributed by atoms with Crippen molar-refractivity contribution in [2.24, 2.45) is 0 Å². The van der Waals surface area contributed by atoms with Crippen LogP contribution in [-0.4, -0.2) is 16.5 Å². The van der Waals surface area contributed by atoms with E-state index >= 15 is 0 Å². The van der Waals surface area contributed by atoms with Gasteiger partial charge in [0.1, 0.15) is 5.60 Å². The van der Waals surface area contributed by atoms with Gasteiger partial charge in [0.25, 0.3) is 0 Å². The maximum Gasteiger partial charge on any atom is 0.176 e. The van der Waals surface area contributed by atoms with Gasteiger partial charge in [0, 0.05) is 0 Å². The quantitative estimate of drug-likeness (QED) is 0.656. The second-order valence-corrected chi connectivity index (χ2v) is 3.62. The van der Waals surface area contributed by atoms with Crippen molar-refractivity contribution in [3.8, 4) is 11.8 Å². The first-order chi connectivity index (χ1) is 6.19. The second kappa shape index (κ2) is 4.43. The minimum Gasteiger partial charge on any atom is -0.382 e. The molecule has 2 nitrogen and oxygen atoms in total. The molecule has 0 aromatic heterocycles. The van der Waals surface area contributed by atoms with Gasteiger partial charge in [0.15, 0.2) is 5.78 Å². The summed E-state index contributed by atoms with van der Waals surface area (Å²) in [5.41, 5.74) is -1.05. The zero-order valence-electron chi connectivity index (χ0n) is 8.10. The van der Waals surface area contributed by atoms with Gasteiger partial charge < -0.3 is 5.11 Å². The first-order valence-corrected chi connectivity index (χ1v) is 4.84. The van der Waals surface area contributed by atoms with Crippen LogP contribution in [0.3, 0.4) is 0 Å². The van der Waals surface area contributed by atoms with Crippen molar-refractivity contribution in [3.05, 3.63) is 0 Å². The van der Waals surface area contributed by atoms with Gasteiger partial charge in [-0.05, 0) is 19.8 Å². The van der Waals surface area contributed by atoms with Gasteiger partial charge in [-0.2, -0.15) is 0 Å². The van der Waals surface area contributed by atoms with Crippen molar-refractivity contribution in [2.75, 3.05) is 0 Å². The van der Waals surface area contributed by atoms with Gasteiger partial charge in [0.05, 0.1) is 6.42 Å². The molecule has 13 heavy (non-hydrogen) atoms. The Bertz CT molecular complexity index is 239. The molecule has 0 amide bonds. The molecule has 0 aromatic carbocycles. The molecule has 0 aliphatic heterocycles. The Hall–Kier alpha value is -0.810. The number of hydrogen-bond acceptors (Lipinski definition) is 2. The van der Waals surface area contributed by atoms with E-state index in [1.165, 1.54) is 0 Å².